The largest absolute Gasteiger partial charge is 0.491 e. The number of anilines is 1. The second-order valence-corrected chi connectivity index (χ2v) is 9.18. The van der Waals surface area contributed by atoms with E-state index >= 15 is 0 Å². The summed E-state index contributed by atoms with van der Waals surface area (Å²) in [6.45, 7) is 6.08. The summed E-state index contributed by atoms with van der Waals surface area (Å²) < 4.78 is 22.8. The normalized spacial score (nSPS) is 13.3. The van der Waals surface area contributed by atoms with Crippen molar-refractivity contribution in [2.75, 3.05) is 65.1 Å². The van der Waals surface area contributed by atoms with Crippen LogP contribution in [-0.2, 0) is 4.74 Å². The maximum Gasteiger partial charge on any atom is 0.162 e. The monoisotopic (exact) mass is 522 g/mol. The van der Waals surface area contributed by atoms with E-state index in [4.69, 9.17) is 28.9 Å². The Bertz CT molecular complexity index is 1170. The molecule has 9 nitrogen and oxygen atoms in total. The Morgan fingerprint density at radius 2 is 1.87 bits per heavy atom. The van der Waals surface area contributed by atoms with Crippen LogP contribution in [-0.4, -0.2) is 81.4 Å². The molecular formula is C29H38N4O5. The van der Waals surface area contributed by atoms with Crippen molar-refractivity contribution >= 4 is 5.82 Å². The molecule has 1 unspecified atom stereocenters. The van der Waals surface area contributed by atoms with Crippen molar-refractivity contribution in [3.05, 3.63) is 48.5 Å². The molecule has 2 N–H and O–H groups in total. The van der Waals surface area contributed by atoms with Gasteiger partial charge in [-0.3, -0.25) is 0 Å². The summed E-state index contributed by atoms with van der Waals surface area (Å²) in [5, 5.41) is 13.0. The maximum atomic E-state index is 10.0. The second kappa shape index (κ2) is 13.9. The zero-order chi connectivity index (χ0) is 26.7. The number of aliphatic hydroxyl groups is 1. The lowest BCUT2D eigenvalue weighted by Gasteiger charge is -2.24. The summed E-state index contributed by atoms with van der Waals surface area (Å²) in [5.41, 5.74) is 2.54. The van der Waals surface area contributed by atoms with Gasteiger partial charge < -0.3 is 34.3 Å². The van der Waals surface area contributed by atoms with Crippen molar-refractivity contribution in [1.82, 2.24) is 15.3 Å². The Balaban J connectivity index is 1.72. The highest BCUT2D eigenvalue weighted by Crippen LogP contribution is 2.35. The number of rotatable bonds is 14. The van der Waals surface area contributed by atoms with Gasteiger partial charge in [0.1, 0.15) is 37.5 Å². The first-order valence-corrected chi connectivity index (χ1v) is 13.2. The lowest BCUT2D eigenvalue weighted by molar-refractivity contribution is 0.108. The molecule has 3 aromatic rings. The van der Waals surface area contributed by atoms with Gasteiger partial charge in [-0.15, -0.1) is 0 Å². The van der Waals surface area contributed by atoms with Gasteiger partial charge in [0.25, 0.3) is 0 Å². The van der Waals surface area contributed by atoms with E-state index in [9.17, 15) is 5.11 Å². The van der Waals surface area contributed by atoms with Gasteiger partial charge in [0.15, 0.2) is 17.3 Å². The third-order valence-corrected chi connectivity index (χ3v) is 6.20. The Labute approximate surface area is 224 Å². The summed E-state index contributed by atoms with van der Waals surface area (Å²) in [4.78, 5) is 12.2. The van der Waals surface area contributed by atoms with Gasteiger partial charge in [-0.2, -0.15) is 0 Å². The molecule has 204 valence electrons. The van der Waals surface area contributed by atoms with Crippen molar-refractivity contribution in [3.8, 4) is 39.9 Å². The molecule has 1 aromatic heterocycles. The summed E-state index contributed by atoms with van der Waals surface area (Å²) >= 11 is 0. The Kier molecular flexibility index (Phi) is 10.1. The van der Waals surface area contributed by atoms with Crippen LogP contribution in [0.5, 0.6) is 17.2 Å². The van der Waals surface area contributed by atoms with Crippen LogP contribution in [0.25, 0.3) is 22.6 Å². The molecule has 2 heterocycles. The number of ether oxygens (including phenoxy) is 4. The number of benzene rings is 2. The number of aromatic nitrogens is 2. The number of hydrogen-bond acceptors (Lipinski definition) is 9. The van der Waals surface area contributed by atoms with Crippen LogP contribution < -0.4 is 24.4 Å². The highest BCUT2D eigenvalue weighted by molar-refractivity contribution is 5.70. The first kappa shape index (κ1) is 27.6. The van der Waals surface area contributed by atoms with Crippen LogP contribution in [0, 0.1) is 0 Å². The highest BCUT2D eigenvalue weighted by atomic mass is 16.6. The van der Waals surface area contributed by atoms with E-state index in [1.165, 1.54) is 0 Å². The summed E-state index contributed by atoms with van der Waals surface area (Å²) in [5.74, 6) is 3.53. The molecule has 2 aromatic carbocycles. The quantitative estimate of drug-likeness (QED) is 0.328. The van der Waals surface area contributed by atoms with Crippen LogP contribution in [0.2, 0.25) is 0 Å². The molecule has 38 heavy (non-hydrogen) atoms. The number of methoxy groups -OCH3 is 1. The van der Waals surface area contributed by atoms with Crippen LogP contribution in [0.15, 0.2) is 48.5 Å². The van der Waals surface area contributed by atoms with Crippen LogP contribution >= 0.6 is 0 Å². The first-order valence-electron chi connectivity index (χ1n) is 13.2. The molecule has 4 rings (SSSR count). The smallest absolute Gasteiger partial charge is 0.162 e. The molecule has 0 fully saturated rings. The minimum atomic E-state index is -0.599. The van der Waals surface area contributed by atoms with Gasteiger partial charge in [0.2, 0.25) is 0 Å². The lowest BCUT2D eigenvalue weighted by Crippen LogP contribution is -2.29. The molecule has 0 radical (unpaired) electrons. The van der Waals surface area contributed by atoms with Gasteiger partial charge in [0, 0.05) is 43.9 Å². The predicted molar refractivity (Wildman–Crippen MR) is 148 cm³/mol. The van der Waals surface area contributed by atoms with Crippen LogP contribution in [0.1, 0.15) is 19.8 Å². The number of likely N-dealkylation sites (N-methyl/N-ethyl adjacent to an activating group) is 1. The molecule has 9 heteroatoms. The minimum Gasteiger partial charge on any atom is -0.491 e. The van der Waals surface area contributed by atoms with Crippen molar-refractivity contribution in [3.63, 3.8) is 0 Å². The summed E-state index contributed by atoms with van der Waals surface area (Å²) in [7, 11) is 3.51. The second-order valence-electron chi connectivity index (χ2n) is 9.18. The molecule has 1 atom stereocenters. The maximum absolute atomic E-state index is 10.0. The molecule has 0 amide bonds. The number of nitrogens with one attached hydrogen (secondary N) is 1. The van der Waals surface area contributed by atoms with Crippen molar-refractivity contribution in [2.24, 2.45) is 0 Å². The van der Waals surface area contributed by atoms with Crippen LogP contribution in [0.3, 0.4) is 0 Å². The fraction of sp³-hybridized carbons (Fsp3) is 0.448. The molecule has 0 bridgehead atoms. The molecule has 1 aliphatic heterocycles. The van der Waals surface area contributed by atoms with E-state index < -0.39 is 6.10 Å². The zero-order valence-electron chi connectivity index (χ0n) is 22.5. The number of aliphatic hydroxyl groups excluding tert-OH is 1. The molecular weight excluding hydrogens is 484 g/mol. The van der Waals surface area contributed by atoms with E-state index in [1.807, 2.05) is 48.5 Å². The summed E-state index contributed by atoms with van der Waals surface area (Å²) in [6, 6.07) is 15.6. The van der Waals surface area contributed by atoms with E-state index in [-0.39, 0.29) is 6.61 Å². The van der Waals surface area contributed by atoms with Crippen molar-refractivity contribution in [2.45, 2.75) is 25.9 Å². The third-order valence-electron chi connectivity index (χ3n) is 6.20. The Morgan fingerprint density at radius 3 is 2.66 bits per heavy atom. The molecule has 1 aliphatic rings. The fourth-order valence-electron chi connectivity index (χ4n) is 4.18. The zero-order valence-corrected chi connectivity index (χ0v) is 22.5. The van der Waals surface area contributed by atoms with Gasteiger partial charge in [-0.05, 0) is 43.8 Å². The van der Waals surface area contributed by atoms with Gasteiger partial charge >= 0.3 is 0 Å². The fourth-order valence-corrected chi connectivity index (χ4v) is 4.18. The molecule has 0 aliphatic carbocycles. The number of unbranched alkanes of at least 4 members (excludes halogenated alkanes) is 1. The van der Waals surface area contributed by atoms with Gasteiger partial charge in [0.05, 0.1) is 12.3 Å². The number of hydrogen-bond donors (Lipinski definition) is 2. The van der Waals surface area contributed by atoms with Gasteiger partial charge in [-0.25, -0.2) is 9.97 Å². The third kappa shape index (κ3) is 7.34. The van der Waals surface area contributed by atoms with Crippen LogP contribution in [0.4, 0.5) is 5.82 Å². The van der Waals surface area contributed by atoms with E-state index in [2.05, 4.69) is 17.1 Å². The number of fused-ring (bicyclic) bond motifs is 1. The Morgan fingerprint density at radius 1 is 1.03 bits per heavy atom. The number of nitrogens with zero attached hydrogens (tertiary/aromatic N) is 3. The average Bonchev–Trinajstić information content (AvgIpc) is 2.96. The first-order chi connectivity index (χ1) is 18.6. The topological polar surface area (TPSA) is 98.2 Å². The standard InChI is InChI=1S/C29H38N4O5/c1-4-5-11-33(12-13-35-3)28-18-25(21-9-10-26-27(17-21)37-15-14-36-26)31-29(32-28)22-7-6-8-24(16-22)38-20-23(34)19-30-2/h6-10,16-18,23,30,34H,4-5,11-15,19-20H2,1-3H3. The summed E-state index contributed by atoms with van der Waals surface area (Å²) in [6.07, 6.45) is 1.52. The van der Waals surface area contributed by atoms with E-state index in [0.29, 0.717) is 43.7 Å². The van der Waals surface area contributed by atoms with Gasteiger partial charge in [-0.1, -0.05) is 25.5 Å². The lowest BCUT2D eigenvalue weighted by atomic mass is 10.1. The SMILES string of the molecule is CCCCN(CCOC)c1cc(-c2ccc3c(c2)OCCO3)nc(-c2cccc(OCC(O)CNC)c2)n1. The molecule has 0 saturated heterocycles. The van der Waals surface area contributed by atoms with Crippen molar-refractivity contribution in [1.29, 1.82) is 0 Å². The average molecular weight is 523 g/mol. The molecule has 0 saturated carbocycles. The Hall–Kier alpha value is -3.40. The predicted octanol–water partition coefficient (Wildman–Crippen LogP) is 3.79. The minimum absolute atomic E-state index is 0.190. The van der Waals surface area contributed by atoms with E-state index in [0.717, 1.165) is 54.3 Å². The van der Waals surface area contributed by atoms with E-state index in [1.54, 1.807) is 14.2 Å². The molecule has 0 spiro atoms. The highest BCUT2D eigenvalue weighted by Gasteiger charge is 2.17. The van der Waals surface area contributed by atoms with Crippen molar-refractivity contribution < 1.29 is 24.1 Å².